The van der Waals surface area contributed by atoms with E-state index < -0.39 is 12.3 Å². The van der Waals surface area contributed by atoms with E-state index in [0.29, 0.717) is 6.54 Å². The summed E-state index contributed by atoms with van der Waals surface area (Å²) in [6.07, 6.45) is -0.182. The van der Waals surface area contributed by atoms with Crippen LogP contribution >= 0.6 is 0 Å². The monoisotopic (exact) mass is 251 g/mol. The van der Waals surface area contributed by atoms with Crippen LogP contribution in [-0.2, 0) is 11.3 Å². The Morgan fingerprint density at radius 2 is 2.06 bits per heavy atom. The van der Waals surface area contributed by atoms with Crippen molar-refractivity contribution in [1.29, 1.82) is 0 Å². The number of amides is 1. The zero-order chi connectivity index (χ0) is 13.0. The summed E-state index contributed by atoms with van der Waals surface area (Å²) in [5.41, 5.74) is 1.29. The normalized spacial score (nSPS) is 10.6. The van der Waals surface area contributed by atoms with Gasteiger partial charge in [-0.3, -0.25) is 9.48 Å². The van der Waals surface area contributed by atoms with Gasteiger partial charge in [-0.15, -0.1) is 0 Å². The minimum atomic E-state index is -3.03. The van der Waals surface area contributed by atoms with Crippen LogP contribution in [0.5, 0.6) is 0 Å². The zero-order valence-corrected chi connectivity index (χ0v) is 9.38. The number of rotatable bonds is 4. The van der Waals surface area contributed by atoms with Crippen LogP contribution in [-0.4, -0.2) is 22.1 Å². The summed E-state index contributed by atoms with van der Waals surface area (Å²) in [7, 11) is 0. The minimum absolute atomic E-state index is 0.260. The molecule has 2 rings (SSSR count). The SMILES string of the molecule is O=C(Nc1cnn(Cc2ccccc2)c1)C(F)F. The Balaban J connectivity index is 2.00. The maximum Gasteiger partial charge on any atom is 0.315 e. The first-order valence-corrected chi connectivity index (χ1v) is 5.30. The average Bonchev–Trinajstić information content (AvgIpc) is 2.77. The van der Waals surface area contributed by atoms with Crippen molar-refractivity contribution in [2.45, 2.75) is 13.0 Å². The number of benzene rings is 1. The number of anilines is 1. The molecule has 6 heteroatoms. The highest BCUT2D eigenvalue weighted by Gasteiger charge is 2.15. The molecule has 1 N–H and O–H groups in total. The molecule has 0 radical (unpaired) electrons. The Hall–Kier alpha value is -2.24. The van der Waals surface area contributed by atoms with Crippen LogP contribution in [0.25, 0.3) is 0 Å². The second-order valence-electron chi connectivity index (χ2n) is 3.70. The first-order chi connectivity index (χ1) is 8.65. The standard InChI is InChI=1S/C12H11F2N3O/c13-11(14)12(18)16-10-6-15-17(8-10)7-9-4-2-1-3-5-9/h1-6,8,11H,7H2,(H,16,18). The van der Waals surface area contributed by atoms with E-state index in [1.807, 2.05) is 30.3 Å². The third kappa shape index (κ3) is 3.13. The van der Waals surface area contributed by atoms with Gasteiger partial charge in [-0.1, -0.05) is 30.3 Å². The van der Waals surface area contributed by atoms with Crippen LogP contribution in [0.3, 0.4) is 0 Å². The van der Waals surface area contributed by atoms with E-state index in [2.05, 4.69) is 10.4 Å². The van der Waals surface area contributed by atoms with E-state index in [1.165, 1.54) is 12.4 Å². The molecular formula is C12H11F2N3O. The second kappa shape index (κ2) is 5.39. The van der Waals surface area contributed by atoms with Crippen molar-refractivity contribution in [3.8, 4) is 0 Å². The summed E-state index contributed by atoms with van der Waals surface area (Å²) in [4.78, 5) is 10.8. The third-order valence-electron chi connectivity index (χ3n) is 2.29. The number of halogens is 2. The zero-order valence-electron chi connectivity index (χ0n) is 9.38. The van der Waals surface area contributed by atoms with Crippen molar-refractivity contribution in [3.63, 3.8) is 0 Å². The summed E-state index contributed by atoms with van der Waals surface area (Å²) >= 11 is 0. The summed E-state index contributed by atoms with van der Waals surface area (Å²) in [5, 5.41) is 6.06. The minimum Gasteiger partial charge on any atom is -0.318 e. The van der Waals surface area contributed by atoms with Gasteiger partial charge in [-0.25, -0.2) is 0 Å². The molecule has 1 aromatic carbocycles. The Morgan fingerprint density at radius 3 is 2.72 bits per heavy atom. The van der Waals surface area contributed by atoms with Crippen LogP contribution in [0.2, 0.25) is 0 Å². The first-order valence-electron chi connectivity index (χ1n) is 5.30. The molecule has 4 nitrogen and oxygen atoms in total. The van der Waals surface area contributed by atoms with Crippen molar-refractivity contribution < 1.29 is 13.6 Å². The highest BCUT2D eigenvalue weighted by Crippen LogP contribution is 2.09. The molecule has 0 saturated heterocycles. The smallest absolute Gasteiger partial charge is 0.315 e. The number of carbonyl (C=O) groups is 1. The molecule has 0 unspecified atom stereocenters. The maximum absolute atomic E-state index is 12.0. The number of alkyl halides is 2. The topological polar surface area (TPSA) is 46.9 Å². The second-order valence-corrected chi connectivity index (χ2v) is 3.70. The predicted molar refractivity (Wildman–Crippen MR) is 62.4 cm³/mol. The Kier molecular flexibility index (Phi) is 3.66. The van der Waals surface area contributed by atoms with E-state index >= 15 is 0 Å². The van der Waals surface area contributed by atoms with Gasteiger partial charge >= 0.3 is 6.43 Å². The lowest BCUT2D eigenvalue weighted by molar-refractivity contribution is -0.126. The number of carbonyl (C=O) groups excluding carboxylic acids is 1. The predicted octanol–water partition coefficient (Wildman–Crippen LogP) is 2.13. The highest BCUT2D eigenvalue weighted by molar-refractivity contribution is 5.92. The lowest BCUT2D eigenvalue weighted by Gasteiger charge is -2.01. The Labute approximate surface area is 102 Å². The molecule has 94 valence electrons. The van der Waals surface area contributed by atoms with Crippen LogP contribution in [0.1, 0.15) is 5.56 Å². The molecule has 1 heterocycles. The Bertz CT molecular complexity index is 525. The van der Waals surface area contributed by atoms with E-state index in [9.17, 15) is 13.6 Å². The van der Waals surface area contributed by atoms with Gasteiger partial charge in [-0.2, -0.15) is 13.9 Å². The molecule has 0 fully saturated rings. The van der Waals surface area contributed by atoms with Crippen molar-refractivity contribution >= 4 is 11.6 Å². The van der Waals surface area contributed by atoms with Gasteiger partial charge < -0.3 is 5.32 Å². The van der Waals surface area contributed by atoms with E-state index in [1.54, 1.807) is 4.68 Å². The van der Waals surface area contributed by atoms with Crippen LogP contribution in [0, 0.1) is 0 Å². The largest absolute Gasteiger partial charge is 0.318 e. The van der Waals surface area contributed by atoms with Crippen molar-refractivity contribution in [2.75, 3.05) is 5.32 Å². The van der Waals surface area contributed by atoms with Gasteiger partial charge in [0.25, 0.3) is 5.91 Å². The van der Waals surface area contributed by atoms with E-state index in [-0.39, 0.29) is 5.69 Å². The van der Waals surface area contributed by atoms with E-state index in [4.69, 9.17) is 0 Å². The molecule has 0 aliphatic rings. The van der Waals surface area contributed by atoms with Gasteiger partial charge in [-0.05, 0) is 5.56 Å². The van der Waals surface area contributed by atoms with E-state index in [0.717, 1.165) is 5.56 Å². The van der Waals surface area contributed by atoms with Gasteiger partial charge in [0.05, 0.1) is 18.4 Å². The van der Waals surface area contributed by atoms with Gasteiger partial charge in [0.1, 0.15) is 0 Å². The lowest BCUT2D eigenvalue weighted by atomic mass is 10.2. The average molecular weight is 251 g/mol. The fourth-order valence-electron chi connectivity index (χ4n) is 1.48. The van der Waals surface area contributed by atoms with Gasteiger partial charge in [0.15, 0.2) is 0 Å². The van der Waals surface area contributed by atoms with Crippen molar-refractivity contribution in [2.24, 2.45) is 0 Å². The molecular weight excluding hydrogens is 240 g/mol. The number of hydrogen-bond acceptors (Lipinski definition) is 2. The maximum atomic E-state index is 12.0. The Morgan fingerprint density at radius 1 is 1.33 bits per heavy atom. The number of aromatic nitrogens is 2. The lowest BCUT2D eigenvalue weighted by Crippen LogP contribution is -2.19. The van der Waals surface area contributed by atoms with Crippen LogP contribution in [0.4, 0.5) is 14.5 Å². The summed E-state index contributed by atoms with van der Waals surface area (Å²) in [6.45, 7) is 0.519. The molecule has 0 atom stereocenters. The van der Waals surface area contributed by atoms with Crippen molar-refractivity contribution in [1.82, 2.24) is 9.78 Å². The fourth-order valence-corrected chi connectivity index (χ4v) is 1.48. The molecule has 0 bridgehead atoms. The molecule has 0 spiro atoms. The molecule has 0 aliphatic heterocycles. The highest BCUT2D eigenvalue weighted by atomic mass is 19.3. The third-order valence-corrected chi connectivity index (χ3v) is 2.29. The number of hydrogen-bond donors (Lipinski definition) is 1. The molecule has 0 aliphatic carbocycles. The number of nitrogens with one attached hydrogen (secondary N) is 1. The molecule has 1 aromatic heterocycles. The molecule has 1 amide bonds. The summed E-state index contributed by atoms with van der Waals surface area (Å²) < 4.78 is 25.6. The molecule has 0 saturated carbocycles. The molecule has 2 aromatic rings. The molecule has 18 heavy (non-hydrogen) atoms. The summed E-state index contributed by atoms with van der Waals surface area (Å²) in [5.74, 6) is -1.32. The first kappa shape index (κ1) is 12.2. The van der Waals surface area contributed by atoms with Gasteiger partial charge in [0, 0.05) is 6.20 Å². The van der Waals surface area contributed by atoms with Crippen LogP contribution < -0.4 is 5.32 Å². The quantitative estimate of drug-likeness (QED) is 0.904. The van der Waals surface area contributed by atoms with Crippen LogP contribution in [0.15, 0.2) is 42.7 Å². The van der Waals surface area contributed by atoms with Crippen molar-refractivity contribution in [3.05, 3.63) is 48.3 Å². The summed E-state index contributed by atoms with van der Waals surface area (Å²) in [6, 6.07) is 9.57. The fraction of sp³-hybridized carbons (Fsp3) is 0.167. The number of nitrogens with zero attached hydrogens (tertiary/aromatic N) is 2. The van der Waals surface area contributed by atoms with Gasteiger partial charge in [0.2, 0.25) is 0 Å².